The molecule has 66 heavy (non-hydrogen) atoms. The number of carbonyl (C=O) groups is 8. The van der Waals surface area contributed by atoms with E-state index in [4.69, 9.17) is 11.5 Å². The number of carboxylic acid groups (broad SMARTS) is 1. The van der Waals surface area contributed by atoms with Crippen LogP contribution in [0.25, 0.3) is 0 Å². The van der Waals surface area contributed by atoms with Gasteiger partial charge in [-0.2, -0.15) is 0 Å². The molecule has 1 aromatic carbocycles. The molecule has 0 spiro atoms. The molecule has 0 aliphatic carbocycles. The lowest BCUT2D eigenvalue weighted by atomic mass is 9.98. The number of imidazole rings is 1. The van der Waals surface area contributed by atoms with Gasteiger partial charge in [0.1, 0.15) is 48.0 Å². The fourth-order valence-corrected chi connectivity index (χ4v) is 7.23. The van der Waals surface area contributed by atoms with Crippen LogP contribution in [-0.4, -0.2) is 147 Å². The maximum absolute atomic E-state index is 14.2. The molecule has 23 heteroatoms. The Balaban J connectivity index is 1.83. The molecule has 1 aliphatic rings. The SMILES string of the molecule is CC[C@H](C)[C@H](NC(=O)[C@@H]1CCCN1C(=O)[C@H](Cc1cnc[nH]1)NC(=O)[C@H](C)NC(=O)[C@H](Cc1ccc(O)cc1)NC(=O)[C@@H](NC(=O)[C@H](CCCN=C(N)N)NC(=O)CNC)C(C)C)C(=O)O. The summed E-state index contributed by atoms with van der Waals surface area (Å²) >= 11 is 0. The number of H-pyrrole nitrogens is 1. The summed E-state index contributed by atoms with van der Waals surface area (Å²) in [4.78, 5) is 120. The summed E-state index contributed by atoms with van der Waals surface area (Å²) in [6.45, 7) is 8.51. The van der Waals surface area contributed by atoms with E-state index < -0.39 is 95.5 Å². The van der Waals surface area contributed by atoms with Gasteiger partial charge in [-0.25, -0.2) is 9.78 Å². The van der Waals surface area contributed by atoms with Crippen molar-refractivity contribution < 1.29 is 48.6 Å². The smallest absolute Gasteiger partial charge is 0.326 e. The number of aromatic amines is 1. The number of carboxylic acids is 1. The Morgan fingerprint density at radius 2 is 1.52 bits per heavy atom. The third-order valence-electron chi connectivity index (χ3n) is 11.2. The third kappa shape index (κ3) is 16.7. The van der Waals surface area contributed by atoms with E-state index in [-0.39, 0.29) is 62.9 Å². The van der Waals surface area contributed by atoms with E-state index in [1.54, 1.807) is 46.9 Å². The van der Waals surface area contributed by atoms with E-state index in [9.17, 15) is 48.6 Å². The average Bonchev–Trinajstić information content (AvgIpc) is 3.98. The highest BCUT2D eigenvalue weighted by molar-refractivity contribution is 5.97. The summed E-state index contributed by atoms with van der Waals surface area (Å²) in [6, 6.07) is -2.43. The molecule has 1 aromatic heterocycles. The van der Waals surface area contributed by atoms with Crippen LogP contribution >= 0.6 is 0 Å². The van der Waals surface area contributed by atoms with E-state index in [1.807, 2.05) is 0 Å². The van der Waals surface area contributed by atoms with Crippen molar-refractivity contribution in [3.63, 3.8) is 0 Å². The number of benzene rings is 1. The highest BCUT2D eigenvalue weighted by Gasteiger charge is 2.40. The monoisotopic (exact) mass is 926 g/mol. The number of nitrogens with zero attached hydrogens (tertiary/aromatic N) is 3. The summed E-state index contributed by atoms with van der Waals surface area (Å²) in [5, 5.41) is 38.3. The highest BCUT2D eigenvalue weighted by atomic mass is 16.4. The van der Waals surface area contributed by atoms with E-state index >= 15 is 0 Å². The Morgan fingerprint density at radius 1 is 0.848 bits per heavy atom. The average molecular weight is 926 g/mol. The number of hydrogen-bond acceptors (Lipinski definition) is 12. The number of aliphatic carboxylic acids is 1. The third-order valence-corrected chi connectivity index (χ3v) is 11.2. The number of rotatable bonds is 26. The van der Waals surface area contributed by atoms with Crippen molar-refractivity contribution >= 4 is 53.3 Å². The molecule has 364 valence electrons. The number of phenolic OH excluding ortho intramolecular Hbond substituents is 1. The van der Waals surface area contributed by atoms with Gasteiger partial charge in [0.25, 0.3) is 0 Å². The zero-order valence-electron chi connectivity index (χ0n) is 38.4. The van der Waals surface area contributed by atoms with E-state index in [2.05, 4.69) is 52.2 Å². The Morgan fingerprint density at radius 3 is 2.11 bits per heavy atom. The molecular formula is C43H67N13O10. The molecule has 8 atom stereocenters. The first-order chi connectivity index (χ1) is 31.2. The van der Waals surface area contributed by atoms with E-state index in [0.717, 1.165) is 0 Å². The van der Waals surface area contributed by atoms with Crippen LogP contribution < -0.4 is 48.7 Å². The number of aromatic nitrogens is 2. The number of hydrogen-bond donors (Lipinski definition) is 12. The van der Waals surface area contributed by atoms with Crippen molar-refractivity contribution in [2.24, 2.45) is 28.3 Å². The first-order valence-electron chi connectivity index (χ1n) is 22.1. The zero-order valence-corrected chi connectivity index (χ0v) is 38.4. The predicted molar refractivity (Wildman–Crippen MR) is 242 cm³/mol. The number of guanidine groups is 1. The first-order valence-corrected chi connectivity index (χ1v) is 22.1. The van der Waals surface area contributed by atoms with Gasteiger partial charge in [-0.1, -0.05) is 46.2 Å². The molecule has 2 aromatic rings. The van der Waals surface area contributed by atoms with Crippen LogP contribution in [0, 0.1) is 11.8 Å². The molecule has 23 nitrogen and oxygen atoms in total. The molecule has 1 saturated heterocycles. The van der Waals surface area contributed by atoms with Crippen molar-refractivity contribution in [2.75, 3.05) is 26.7 Å². The van der Waals surface area contributed by atoms with Gasteiger partial charge in [-0.3, -0.25) is 38.6 Å². The molecule has 2 heterocycles. The molecule has 7 amide bonds. The Bertz CT molecular complexity index is 1990. The normalized spacial score (nSPS) is 16.6. The lowest BCUT2D eigenvalue weighted by molar-refractivity contribution is -0.146. The number of likely N-dealkylation sites (N-methyl/N-ethyl adjacent to an activating group) is 1. The van der Waals surface area contributed by atoms with Crippen molar-refractivity contribution in [3.8, 4) is 5.75 Å². The largest absolute Gasteiger partial charge is 0.508 e. The molecule has 1 fully saturated rings. The van der Waals surface area contributed by atoms with Gasteiger partial charge < -0.3 is 68.8 Å². The summed E-state index contributed by atoms with van der Waals surface area (Å²) in [7, 11) is 1.56. The molecule has 0 bridgehead atoms. The van der Waals surface area contributed by atoms with Gasteiger partial charge in [-0.05, 0) is 69.2 Å². The number of carbonyl (C=O) groups excluding carboxylic acids is 7. The molecule has 14 N–H and O–H groups in total. The minimum atomic E-state index is -1.34. The summed E-state index contributed by atoms with van der Waals surface area (Å²) in [5.74, 6) is -6.98. The van der Waals surface area contributed by atoms with Crippen LogP contribution in [0.2, 0.25) is 0 Å². The Hall–Kier alpha value is -6.78. The summed E-state index contributed by atoms with van der Waals surface area (Å²) < 4.78 is 0. The molecule has 0 saturated carbocycles. The number of nitrogens with one attached hydrogen (secondary N) is 8. The fraction of sp³-hybridized carbons (Fsp3) is 0.581. The summed E-state index contributed by atoms with van der Waals surface area (Å²) in [5.41, 5.74) is 11.8. The van der Waals surface area contributed by atoms with Gasteiger partial charge in [-0.15, -0.1) is 0 Å². The number of aromatic hydroxyl groups is 1. The summed E-state index contributed by atoms with van der Waals surface area (Å²) in [6.07, 6.45) is 4.33. The van der Waals surface area contributed by atoms with Gasteiger partial charge in [0.05, 0.1) is 12.9 Å². The maximum Gasteiger partial charge on any atom is 0.326 e. The second kappa shape index (κ2) is 26.2. The molecular weight excluding hydrogens is 859 g/mol. The Labute approximate surface area is 383 Å². The molecule has 3 rings (SSSR count). The molecule has 0 radical (unpaired) electrons. The first kappa shape index (κ1) is 53.6. The van der Waals surface area contributed by atoms with Gasteiger partial charge in [0.15, 0.2) is 5.96 Å². The lowest BCUT2D eigenvalue weighted by Gasteiger charge is -2.31. The zero-order chi connectivity index (χ0) is 49.1. The number of nitrogens with two attached hydrogens (primary N) is 2. The molecule has 0 unspecified atom stereocenters. The topological polar surface area (TPSA) is 358 Å². The number of amides is 7. The lowest BCUT2D eigenvalue weighted by Crippen LogP contribution is -2.60. The minimum Gasteiger partial charge on any atom is -0.508 e. The van der Waals surface area contributed by atoms with Crippen LogP contribution in [0.4, 0.5) is 0 Å². The van der Waals surface area contributed by atoms with Crippen molar-refractivity contribution in [1.82, 2.24) is 52.1 Å². The van der Waals surface area contributed by atoms with Gasteiger partial charge >= 0.3 is 5.97 Å². The van der Waals surface area contributed by atoms with Crippen molar-refractivity contribution in [1.29, 1.82) is 0 Å². The fourth-order valence-electron chi connectivity index (χ4n) is 7.23. The predicted octanol–water partition coefficient (Wildman–Crippen LogP) is -2.12. The molecule has 1 aliphatic heterocycles. The van der Waals surface area contributed by atoms with Crippen LogP contribution in [-0.2, 0) is 51.2 Å². The quantitative estimate of drug-likeness (QED) is 0.0273. The van der Waals surface area contributed by atoms with Crippen LogP contribution in [0.5, 0.6) is 5.75 Å². The van der Waals surface area contributed by atoms with Crippen molar-refractivity contribution in [3.05, 3.63) is 48.0 Å². The van der Waals surface area contributed by atoms with E-state index in [1.165, 1.54) is 36.5 Å². The van der Waals surface area contributed by atoms with Gasteiger partial charge in [0, 0.05) is 37.8 Å². The number of likely N-dealkylation sites (tertiary alicyclic amines) is 1. The second-order valence-electron chi connectivity index (χ2n) is 16.7. The maximum atomic E-state index is 14.2. The van der Waals surface area contributed by atoms with Crippen LogP contribution in [0.1, 0.15) is 78.0 Å². The van der Waals surface area contributed by atoms with Gasteiger partial charge in [0.2, 0.25) is 41.4 Å². The minimum absolute atomic E-state index is 0.0398. The van der Waals surface area contributed by atoms with Crippen LogP contribution in [0.3, 0.4) is 0 Å². The number of phenols is 1. The second-order valence-corrected chi connectivity index (χ2v) is 16.7. The standard InChI is InChI=1S/C43H67N13O10/c1-7-24(4)35(42(65)66)55-39(62)32-11-9-17-56(32)41(64)31(19-27-20-47-22-49-27)53-36(59)25(5)50-38(61)30(18-26-12-14-28(57)15-13-26)52-40(63)34(23(2)3)54-37(60)29(51-33(58)21-46-6)10-8-16-48-43(44)45/h12-15,20,22-25,29-32,34-35,46,57H,7-11,16-19,21H2,1-6H3,(H,47,49)(H,50,61)(H,51,58)(H,52,63)(H,53,59)(H,54,60)(H,55,62)(H,65,66)(H4,44,45,48)/t24-,25-,29-,30-,31-,32-,34-,35-/m0/s1. The Kier molecular flexibility index (Phi) is 21.3. The number of aliphatic imine (C=N–C) groups is 1. The van der Waals surface area contributed by atoms with Crippen LogP contribution in [0.15, 0.2) is 41.8 Å². The van der Waals surface area contributed by atoms with E-state index in [0.29, 0.717) is 30.5 Å². The highest BCUT2D eigenvalue weighted by Crippen LogP contribution is 2.21. The van der Waals surface area contributed by atoms with Crippen molar-refractivity contribution in [2.45, 2.75) is 122 Å².